The fraction of sp³-hybridized carbons (Fsp3) is 0.692. The molecule has 1 aromatic rings. The zero-order chi connectivity index (χ0) is 11.4. The highest BCUT2D eigenvalue weighted by Gasteiger charge is 2.21. The van der Waals surface area contributed by atoms with Gasteiger partial charge in [-0.15, -0.1) is 0 Å². The molecule has 1 N–H and O–H groups in total. The summed E-state index contributed by atoms with van der Waals surface area (Å²) in [5.74, 6) is 1.78. The smallest absolute Gasteiger partial charge is 0.133 e. The molecule has 1 saturated carbocycles. The third-order valence-electron chi connectivity index (χ3n) is 2.82. The van der Waals surface area contributed by atoms with Crippen molar-refractivity contribution in [1.29, 1.82) is 0 Å². The van der Waals surface area contributed by atoms with Gasteiger partial charge in [0.2, 0.25) is 0 Å². The van der Waals surface area contributed by atoms with Gasteiger partial charge < -0.3 is 14.5 Å². The molecule has 1 aliphatic carbocycles. The number of hydrogen-bond acceptors (Lipinski definition) is 3. The Morgan fingerprint density at radius 3 is 3.00 bits per heavy atom. The lowest BCUT2D eigenvalue weighted by Crippen LogP contribution is -2.22. The fourth-order valence-electron chi connectivity index (χ4n) is 1.57. The summed E-state index contributed by atoms with van der Waals surface area (Å²) in [6.07, 6.45) is 4.41. The molecule has 0 unspecified atom stereocenters. The largest absolute Gasteiger partial charge is 0.467 e. The summed E-state index contributed by atoms with van der Waals surface area (Å²) in [6, 6.07) is 2.51. The van der Waals surface area contributed by atoms with Gasteiger partial charge >= 0.3 is 0 Å². The molecular formula is C13H21NO2. The van der Waals surface area contributed by atoms with Gasteiger partial charge in [0.15, 0.2) is 0 Å². The van der Waals surface area contributed by atoms with Crippen LogP contribution in [0.25, 0.3) is 0 Å². The van der Waals surface area contributed by atoms with E-state index in [4.69, 9.17) is 9.15 Å². The van der Waals surface area contributed by atoms with E-state index in [9.17, 15) is 0 Å². The van der Waals surface area contributed by atoms with Crippen LogP contribution in [0, 0.1) is 5.92 Å². The lowest BCUT2D eigenvalue weighted by molar-refractivity contribution is 0.0964. The molecule has 0 aromatic carbocycles. The fourth-order valence-corrected chi connectivity index (χ4v) is 1.57. The summed E-state index contributed by atoms with van der Waals surface area (Å²) in [7, 11) is 0. The summed E-state index contributed by atoms with van der Waals surface area (Å²) >= 11 is 0. The van der Waals surface area contributed by atoms with E-state index < -0.39 is 0 Å². The predicted molar refractivity (Wildman–Crippen MR) is 63.1 cm³/mol. The molecule has 1 heterocycles. The van der Waals surface area contributed by atoms with Crippen molar-refractivity contribution < 1.29 is 9.15 Å². The van der Waals surface area contributed by atoms with Crippen LogP contribution in [-0.4, -0.2) is 12.6 Å². The van der Waals surface area contributed by atoms with Gasteiger partial charge in [-0.25, -0.2) is 0 Å². The van der Waals surface area contributed by atoms with Gasteiger partial charge in [0, 0.05) is 24.8 Å². The van der Waals surface area contributed by atoms with Crippen LogP contribution in [-0.2, 0) is 17.9 Å². The normalized spacial score (nSPS) is 15.9. The molecule has 0 bridgehead atoms. The minimum absolute atomic E-state index is 0.495. The van der Waals surface area contributed by atoms with E-state index >= 15 is 0 Å². The van der Waals surface area contributed by atoms with E-state index in [1.165, 1.54) is 18.4 Å². The van der Waals surface area contributed by atoms with Crippen LogP contribution in [0.2, 0.25) is 0 Å². The van der Waals surface area contributed by atoms with Crippen molar-refractivity contribution >= 4 is 0 Å². The first-order valence-corrected chi connectivity index (χ1v) is 6.12. The molecule has 3 heteroatoms. The molecule has 1 aromatic heterocycles. The van der Waals surface area contributed by atoms with Crippen molar-refractivity contribution in [2.24, 2.45) is 5.92 Å². The summed E-state index contributed by atoms with van der Waals surface area (Å²) < 4.78 is 11.1. The number of furan rings is 1. The molecule has 1 fully saturated rings. The van der Waals surface area contributed by atoms with Gasteiger partial charge in [-0.05, 0) is 24.8 Å². The molecule has 2 rings (SSSR count). The van der Waals surface area contributed by atoms with Crippen LogP contribution in [0.4, 0.5) is 0 Å². The highest BCUT2D eigenvalue weighted by molar-refractivity contribution is 5.16. The van der Waals surface area contributed by atoms with Gasteiger partial charge in [-0.2, -0.15) is 0 Å². The average molecular weight is 223 g/mol. The Hall–Kier alpha value is -0.800. The number of nitrogens with one attached hydrogen (secondary N) is 1. The van der Waals surface area contributed by atoms with Crippen molar-refractivity contribution in [2.45, 2.75) is 45.9 Å². The van der Waals surface area contributed by atoms with Gasteiger partial charge in [0.05, 0.1) is 6.26 Å². The van der Waals surface area contributed by atoms with Crippen LogP contribution < -0.4 is 5.32 Å². The molecule has 0 spiro atoms. The van der Waals surface area contributed by atoms with E-state index in [0.29, 0.717) is 12.6 Å². The number of ether oxygens (including phenoxy) is 1. The Labute approximate surface area is 97.2 Å². The molecule has 90 valence electrons. The molecule has 0 atom stereocenters. The second-order valence-electron chi connectivity index (χ2n) is 4.86. The van der Waals surface area contributed by atoms with Crippen LogP contribution in [0.15, 0.2) is 16.7 Å². The van der Waals surface area contributed by atoms with Crippen LogP contribution >= 0.6 is 0 Å². The molecule has 3 nitrogen and oxygen atoms in total. The van der Waals surface area contributed by atoms with E-state index in [0.717, 1.165) is 24.8 Å². The lowest BCUT2D eigenvalue weighted by Gasteiger charge is -2.08. The lowest BCUT2D eigenvalue weighted by atomic mass is 10.2. The third-order valence-corrected chi connectivity index (χ3v) is 2.82. The van der Waals surface area contributed by atoms with Gasteiger partial charge in [-0.1, -0.05) is 13.8 Å². The van der Waals surface area contributed by atoms with Crippen LogP contribution in [0.3, 0.4) is 0 Å². The van der Waals surface area contributed by atoms with E-state index in [2.05, 4.69) is 19.2 Å². The molecule has 0 aliphatic heterocycles. The maximum absolute atomic E-state index is 5.63. The third kappa shape index (κ3) is 3.65. The number of rotatable bonds is 7. The summed E-state index contributed by atoms with van der Waals surface area (Å²) in [5.41, 5.74) is 1.21. The van der Waals surface area contributed by atoms with Crippen molar-refractivity contribution in [3.05, 3.63) is 23.7 Å². The first kappa shape index (κ1) is 11.7. The van der Waals surface area contributed by atoms with Crippen molar-refractivity contribution in [3.8, 4) is 0 Å². The molecule has 0 saturated heterocycles. The Kier molecular flexibility index (Phi) is 4.02. The van der Waals surface area contributed by atoms with Crippen molar-refractivity contribution in [3.63, 3.8) is 0 Å². The first-order chi connectivity index (χ1) is 7.75. The Morgan fingerprint density at radius 2 is 2.31 bits per heavy atom. The highest BCUT2D eigenvalue weighted by Crippen LogP contribution is 2.29. The monoisotopic (exact) mass is 223 g/mol. The first-order valence-electron chi connectivity index (χ1n) is 6.12. The molecule has 0 radical (unpaired) electrons. The summed E-state index contributed by atoms with van der Waals surface area (Å²) in [5, 5.41) is 3.38. The van der Waals surface area contributed by atoms with Gasteiger partial charge in [0.1, 0.15) is 12.4 Å². The maximum Gasteiger partial charge on any atom is 0.133 e. The highest BCUT2D eigenvalue weighted by atomic mass is 16.5. The minimum atomic E-state index is 0.495. The standard InChI is InChI=1S/C13H21NO2/c1-10(2)14-7-12-5-6-16-13(12)9-15-8-11-3-4-11/h5-6,10-11,14H,3-4,7-9H2,1-2H3. The second kappa shape index (κ2) is 5.51. The molecule has 0 amide bonds. The van der Waals surface area contributed by atoms with Crippen molar-refractivity contribution in [1.82, 2.24) is 5.32 Å². The quantitative estimate of drug-likeness (QED) is 0.771. The van der Waals surface area contributed by atoms with Crippen LogP contribution in [0.5, 0.6) is 0 Å². The Balaban J connectivity index is 1.75. The topological polar surface area (TPSA) is 34.4 Å². The molecule has 16 heavy (non-hydrogen) atoms. The average Bonchev–Trinajstić information content (AvgIpc) is 2.95. The van der Waals surface area contributed by atoms with Gasteiger partial charge in [0.25, 0.3) is 0 Å². The summed E-state index contributed by atoms with van der Waals surface area (Å²) in [6.45, 7) is 6.64. The second-order valence-corrected chi connectivity index (χ2v) is 4.86. The van der Waals surface area contributed by atoms with Gasteiger partial charge in [-0.3, -0.25) is 0 Å². The Bertz CT molecular complexity index is 315. The van der Waals surface area contributed by atoms with E-state index in [1.807, 2.05) is 6.07 Å². The van der Waals surface area contributed by atoms with Crippen LogP contribution in [0.1, 0.15) is 38.0 Å². The molecular weight excluding hydrogens is 202 g/mol. The molecule has 1 aliphatic rings. The zero-order valence-corrected chi connectivity index (χ0v) is 10.2. The van der Waals surface area contributed by atoms with E-state index in [1.54, 1.807) is 6.26 Å². The minimum Gasteiger partial charge on any atom is -0.467 e. The van der Waals surface area contributed by atoms with E-state index in [-0.39, 0.29) is 0 Å². The SMILES string of the molecule is CC(C)NCc1ccoc1COCC1CC1. The predicted octanol–water partition coefficient (Wildman–Crippen LogP) is 2.70. The maximum atomic E-state index is 5.63. The Morgan fingerprint density at radius 1 is 1.50 bits per heavy atom. The number of hydrogen-bond donors (Lipinski definition) is 1. The van der Waals surface area contributed by atoms with Crippen molar-refractivity contribution in [2.75, 3.05) is 6.61 Å². The summed E-state index contributed by atoms with van der Waals surface area (Å²) in [4.78, 5) is 0. The zero-order valence-electron chi connectivity index (χ0n) is 10.2.